The third-order valence-corrected chi connectivity index (χ3v) is 3.34. The van der Waals surface area contributed by atoms with Gasteiger partial charge in [0.1, 0.15) is 0 Å². The van der Waals surface area contributed by atoms with E-state index in [0.717, 1.165) is 6.42 Å². The summed E-state index contributed by atoms with van der Waals surface area (Å²) in [5.41, 5.74) is 0. The molecule has 16 heavy (non-hydrogen) atoms. The predicted molar refractivity (Wildman–Crippen MR) is 68.6 cm³/mol. The topological polar surface area (TPSA) is 35.5 Å². The van der Waals surface area contributed by atoms with E-state index in [-0.39, 0.29) is 6.10 Å². The van der Waals surface area contributed by atoms with Crippen LogP contribution in [0, 0.1) is 0 Å². The molecule has 2 atom stereocenters. The molecule has 0 aliphatic carbocycles. The van der Waals surface area contributed by atoms with Gasteiger partial charge in [0.2, 0.25) is 0 Å². The molecule has 0 aromatic rings. The second-order valence-electron chi connectivity index (χ2n) is 5.27. The first-order chi connectivity index (χ1) is 7.61. The zero-order valence-corrected chi connectivity index (χ0v) is 11.1. The number of rotatable bonds is 6. The van der Waals surface area contributed by atoms with Crippen LogP contribution in [0.3, 0.4) is 0 Å². The number of aliphatic hydroxyl groups excluding tert-OH is 1. The van der Waals surface area contributed by atoms with E-state index >= 15 is 0 Å². The van der Waals surface area contributed by atoms with Gasteiger partial charge in [-0.05, 0) is 59.2 Å². The van der Waals surface area contributed by atoms with Crippen LogP contribution in [-0.4, -0.2) is 47.8 Å². The third kappa shape index (κ3) is 5.28. The Kier molecular flexibility index (Phi) is 6.32. The lowest BCUT2D eigenvalue weighted by molar-refractivity contribution is 0.154. The van der Waals surface area contributed by atoms with E-state index in [1.165, 1.54) is 38.9 Å². The molecule has 3 nitrogen and oxygen atoms in total. The van der Waals surface area contributed by atoms with E-state index in [0.29, 0.717) is 12.1 Å². The van der Waals surface area contributed by atoms with E-state index < -0.39 is 0 Å². The van der Waals surface area contributed by atoms with Gasteiger partial charge in [-0.15, -0.1) is 0 Å². The maximum absolute atomic E-state index is 9.32. The van der Waals surface area contributed by atoms with Crippen LogP contribution in [0.2, 0.25) is 0 Å². The average Bonchev–Trinajstić information content (AvgIpc) is 2.20. The molecular weight excluding hydrogens is 200 g/mol. The molecule has 96 valence electrons. The van der Waals surface area contributed by atoms with E-state index in [9.17, 15) is 5.11 Å². The van der Waals surface area contributed by atoms with Crippen molar-refractivity contribution < 1.29 is 5.11 Å². The van der Waals surface area contributed by atoms with Crippen molar-refractivity contribution in [2.75, 3.05) is 19.6 Å². The average molecular weight is 228 g/mol. The first-order valence-corrected chi connectivity index (χ1v) is 6.78. The minimum Gasteiger partial charge on any atom is -0.393 e. The molecule has 0 radical (unpaired) electrons. The van der Waals surface area contributed by atoms with Gasteiger partial charge in [-0.2, -0.15) is 0 Å². The Morgan fingerprint density at radius 2 is 1.94 bits per heavy atom. The molecule has 1 saturated heterocycles. The molecule has 1 heterocycles. The molecule has 1 aliphatic rings. The van der Waals surface area contributed by atoms with E-state index in [4.69, 9.17) is 0 Å². The van der Waals surface area contributed by atoms with Crippen LogP contribution in [0.25, 0.3) is 0 Å². The molecule has 0 aromatic heterocycles. The van der Waals surface area contributed by atoms with Gasteiger partial charge in [-0.3, -0.25) is 0 Å². The maximum Gasteiger partial charge on any atom is 0.0526 e. The highest BCUT2D eigenvalue weighted by atomic mass is 16.3. The lowest BCUT2D eigenvalue weighted by Crippen LogP contribution is -2.46. The summed E-state index contributed by atoms with van der Waals surface area (Å²) in [6, 6.07) is 1.09. The van der Waals surface area contributed by atoms with Crippen LogP contribution < -0.4 is 5.32 Å². The lowest BCUT2D eigenvalue weighted by atomic mass is 10.0. The normalized spacial score (nSPS) is 23.2. The lowest BCUT2D eigenvalue weighted by Gasteiger charge is -2.34. The van der Waals surface area contributed by atoms with Crippen LogP contribution in [0.4, 0.5) is 0 Å². The summed E-state index contributed by atoms with van der Waals surface area (Å²) in [6.45, 7) is 9.98. The Bertz CT molecular complexity index is 177. The van der Waals surface area contributed by atoms with Crippen LogP contribution >= 0.6 is 0 Å². The van der Waals surface area contributed by atoms with Gasteiger partial charge in [0, 0.05) is 12.1 Å². The second kappa shape index (κ2) is 7.25. The summed E-state index contributed by atoms with van der Waals surface area (Å²) in [7, 11) is 0. The highest BCUT2D eigenvalue weighted by molar-refractivity contribution is 4.79. The first-order valence-electron chi connectivity index (χ1n) is 6.78. The Balaban J connectivity index is 2.16. The summed E-state index contributed by atoms with van der Waals surface area (Å²) in [5.74, 6) is 0. The zero-order valence-electron chi connectivity index (χ0n) is 11.1. The van der Waals surface area contributed by atoms with Gasteiger partial charge >= 0.3 is 0 Å². The highest BCUT2D eigenvalue weighted by Gasteiger charge is 2.19. The van der Waals surface area contributed by atoms with Crippen molar-refractivity contribution in [2.45, 2.75) is 64.6 Å². The largest absolute Gasteiger partial charge is 0.393 e. The van der Waals surface area contributed by atoms with Gasteiger partial charge in [-0.25, -0.2) is 0 Å². The van der Waals surface area contributed by atoms with Gasteiger partial charge in [0.25, 0.3) is 0 Å². The van der Waals surface area contributed by atoms with Gasteiger partial charge in [-0.1, -0.05) is 6.92 Å². The van der Waals surface area contributed by atoms with Crippen molar-refractivity contribution >= 4 is 0 Å². The Morgan fingerprint density at radius 1 is 1.31 bits per heavy atom. The molecule has 2 N–H and O–H groups in total. The molecule has 1 fully saturated rings. The summed E-state index contributed by atoms with van der Waals surface area (Å²) >= 11 is 0. The van der Waals surface area contributed by atoms with E-state index in [1.54, 1.807) is 0 Å². The highest BCUT2D eigenvalue weighted by Crippen LogP contribution is 2.12. The summed E-state index contributed by atoms with van der Waals surface area (Å²) in [4.78, 5) is 2.55. The fourth-order valence-electron chi connectivity index (χ4n) is 2.62. The molecular formula is C13H28N2O. The number of likely N-dealkylation sites (tertiary alicyclic amines) is 1. The number of nitrogens with zero attached hydrogens (tertiary/aromatic N) is 1. The monoisotopic (exact) mass is 228 g/mol. The van der Waals surface area contributed by atoms with Crippen molar-refractivity contribution in [3.05, 3.63) is 0 Å². The number of hydrogen-bond acceptors (Lipinski definition) is 3. The van der Waals surface area contributed by atoms with Crippen molar-refractivity contribution in [2.24, 2.45) is 0 Å². The Hall–Kier alpha value is -0.120. The van der Waals surface area contributed by atoms with Crippen LogP contribution in [0.5, 0.6) is 0 Å². The van der Waals surface area contributed by atoms with E-state index in [2.05, 4.69) is 24.1 Å². The van der Waals surface area contributed by atoms with Crippen LogP contribution in [-0.2, 0) is 0 Å². The fraction of sp³-hybridized carbons (Fsp3) is 1.00. The molecule has 0 saturated carbocycles. The van der Waals surface area contributed by atoms with Gasteiger partial charge in [0.15, 0.2) is 0 Å². The summed E-state index contributed by atoms with van der Waals surface area (Å²) < 4.78 is 0. The zero-order chi connectivity index (χ0) is 12.0. The first kappa shape index (κ1) is 13.9. The number of hydrogen-bond donors (Lipinski definition) is 2. The smallest absolute Gasteiger partial charge is 0.0526 e. The standard InChI is InChI=1S/C13H28N2O/c1-4-7-15-8-5-13(6-9-15)14-11(2)10-12(3)16/h11-14,16H,4-10H2,1-3H3. The quantitative estimate of drug-likeness (QED) is 0.725. The summed E-state index contributed by atoms with van der Waals surface area (Å²) in [5, 5.41) is 12.9. The van der Waals surface area contributed by atoms with E-state index in [1.807, 2.05) is 6.92 Å². The number of nitrogens with one attached hydrogen (secondary N) is 1. The third-order valence-electron chi connectivity index (χ3n) is 3.34. The second-order valence-corrected chi connectivity index (χ2v) is 5.27. The van der Waals surface area contributed by atoms with Crippen molar-refractivity contribution in [1.29, 1.82) is 0 Å². The number of piperidine rings is 1. The van der Waals surface area contributed by atoms with Crippen LogP contribution in [0.15, 0.2) is 0 Å². The Morgan fingerprint density at radius 3 is 2.44 bits per heavy atom. The minimum atomic E-state index is -0.192. The molecule has 0 aromatic carbocycles. The Labute approximate surface area is 100 Å². The molecule has 1 aliphatic heterocycles. The SMILES string of the molecule is CCCN1CCC(NC(C)CC(C)O)CC1. The molecule has 1 rings (SSSR count). The van der Waals surface area contributed by atoms with Gasteiger partial charge < -0.3 is 15.3 Å². The van der Waals surface area contributed by atoms with Crippen LogP contribution in [0.1, 0.15) is 46.5 Å². The molecule has 3 heteroatoms. The molecule has 0 spiro atoms. The molecule has 0 bridgehead atoms. The fourth-order valence-corrected chi connectivity index (χ4v) is 2.62. The molecule has 0 amide bonds. The van der Waals surface area contributed by atoms with Crippen molar-refractivity contribution in [3.63, 3.8) is 0 Å². The predicted octanol–water partition coefficient (Wildman–Crippen LogP) is 1.61. The molecule has 2 unspecified atom stereocenters. The minimum absolute atomic E-state index is 0.192. The van der Waals surface area contributed by atoms with Crippen molar-refractivity contribution in [3.8, 4) is 0 Å². The number of aliphatic hydroxyl groups is 1. The van der Waals surface area contributed by atoms with Gasteiger partial charge in [0.05, 0.1) is 6.10 Å². The van der Waals surface area contributed by atoms with Crippen molar-refractivity contribution in [1.82, 2.24) is 10.2 Å². The summed E-state index contributed by atoms with van der Waals surface area (Å²) in [6.07, 6.45) is 4.43. The maximum atomic E-state index is 9.32.